The van der Waals surface area contributed by atoms with Crippen LogP contribution in [0.1, 0.15) is 58.5 Å². The zero-order valence-electron chi connectivity index (χ0n) is 42.3. The van der Waals surface area contributed by atoms with Gasteiger partial charge in [0.15, 0.2) is 24.0 Å². The summed E-state index contributed by atoms with van der Waals surface area (Å²) >= 11 is 14.5. The number of rotatable bonds is 17. The maximum atomic E-state index is 13.6. The third kappa shape index (κ3) is 11.4. The summed E-state index contributed by atoms with van der Waals surface area (Å²) < 4.78 is 14.7. The molecule has 0 saturated carbocycles. The van der Waals surface area contributed by atoms with E-state index >= 15 is 0 Å². The predicted octanol–water partition coefficient (Wildman–Crippen LogP) is 5.13. The molecule has 9 rings (SSSR count). The third-order valence-corrected chi connectivity index (χ3v) is 15.6. The topological polar surface area (TPSA) is 218 Å². The number of halogens is 2. The molecule has 0 unspecified atom stereocenters. The predicted molar refractivity (Wildman–Crippen MR) is 287 cm³/mol. The van der Waals surface area contributed by atoms with Gasteiger partial charge in [0.1, 0.15) is 27.6 Å². The number of amides is 3. The van der Waals surface area contributed by atoms with Crippen LogP contribution in [-0.2, 0) is 21.4 Å². The van der Waals surface area contributed by atoms with Crippen molar-refractivity contribution < 1.29 is 23.9 Å². The molecule has 23 heteroatoms. The number of hydrogen-bond acceptors (Lipinski definition) is 16. The molecule has 2 aromatic carbocycles. The Morgan fingerprint density at radius 2 is 1.58 bits per heavy atom. The first-order valence-electron chi connectivity index (χ1n) is 24.6. The fourth-order valence-corrected chi connectivity index (χ4v) is 11.1. The average Bonchev–Trinajstić information content (AvgIpc) is 3.88. The highest BCUT2D eigenvalue weighted by Gasteiger charge is 2.33. The molecule has 3 aliphatic heterocycles. The molecular weight excluding hydrogens is 1010 g/mol. The molecule has 0 spiro atoms. The van der Waals surface area contributed by atoms with Gasteiger partial charge in [-0.2, -0.15) is 4.98 Å². The SMILES string of the molecule is CNC(=O)COc1cc2cc(Nc3nc(N4CCC(C(=O)NCCN5CCN(CCNC(=O)C[C@@H]6N=C(c7ccc(Cl)cc7)c7c(sc(C)c7C)-n7c(C)nnc76)CC5)CC4)ncc3Cl)cc(OC)c2n(C)c1=O. The minimum absolute atomic E-state index is 0.0175. The number of aliphatic imine (C=N–C) groups is 1. The lowest BCUT2D eigenvalue weighted by Crippen LogP contribution is -2.50. The van der Waals surface area contributed by atoms with E-state index in [1.165, 1.54) is 23.6 Å². The summed E-state index contributed by atoms with van der Waals surface area (Å²) in [5.41, 5.74) is 4.63. The van der Waals surface area contributed by atoms with Gasteiger partial charge in [0, 0.05) is 124 Å². The molecule has 3 aliphatic rings. The highest BCUT2D eigenvalue weighted by Crippen LogP contribution is 2.40. The van der Waals surface area contributed by atoms with Crippen LogP contribution in [-0.4, -0.2) is 149 Å². The second-order valence-corrected chi connectivity index (χ2v) is 20.7. The minimum atomic E-state index is -0.530. The number of aromatic nitrogens is 6. The molecule has 0 bridgehead atoms. The van der Waals surface area contributed by atoms with E-state index in [1.54, 1.807) is 36.7 Å². The lowest BCUT2D eigenvalue weighted by atomic mass is 9.96. The van der Waals surface area contributed by atoms with Gasteiger partial charge < -0.3 is 40.2 Å². The van der Waals surface area contributed by atoms with Crippen molar-refractivity contribution in [3.63, 3.8) is 0 Å². The molecule has 0 aliphatic carbocycles. The first-order valence-corrected chi connectivity index (χ1v) is 26.2. The zero-order valence-corrected chi connectivity index (χ0v) is 44.6. The van der Waals surface area contributed by atoms with Crippen LogP contribution in [0.15, 0.2) is 58.4 Å². The number of carbonyl (C=O) groups is 3. The summed E-state index contributed by atoms with van der Waals surface area (Å²) in [4.78, 5) is 74.2. The number of pyridine rings is 1. The Morgan fingerprint density at radius 3 is 2.27 bits per heavy atom. The molecule has 20 nitrogen and oxygen atoms in total. The number of hydrogen-bond donors (Lipinski definition) is 4. The number of fused-ring (bicyclic) bond motifs is 4. The maximum absolute atomic E-state index is 13.6. The number of ether oxygens (including phenoxy) is 2. The summed E-state index contributed by atoms with van der Waals surface area (Å²) in [6.45, 7) is 13.1. The molecule has 4 aromatic heterocycles. The van der Waals surface area contributed by atoms with E-state index in [9.17, 15) is 19.2 Å². The molecule has 2 fully saturated rings. The number of thiophene rings is 1. The Hall–Kier alpha value is -6.65. The van der Waals surface area contributed by atoms with E-state index in [2.05, 4.69) is 64.7 Å². The maximum Gasteiger partial charge on any atom is 0.293 e. The number of anilines is 3. The Kier molecular flexibility index (Phi) is 16.1. The van der Waals surface area contributed by atoms with Crippen molar-refractivity contribution >= 4 is 86.3 Å². The van der Waals surface area contributed by atoms with Gasteiger partial charge in [-0.05, 0) is 63.4 Å². The van der Waals surface area contributed by atoms with Gasteiger partial charge >= 0.3 is 0 Å². The normalized spacial score (nSPS) is 16.2. The van der Waals surface area contributed by atoms with Crippen LogP contribution >= 0.6 is 34.5 Å². The zero-order chi connectivity index (χ0) is 52.2. The summed E-state index contributed by atoms with van der Waals surface area (Å²) in [6, 6.07) is 12.3. The molecule has 74 heavy (non-hydrogen) atoms. The van der Waals surface area contributed by atoms with E-state index in [0.717, 1.165) is 72.5 Å². The fourth-order valence-electron chi connectivity index (χ4n) is 9.64. The van der Waals surface area contributed by atoms with Crippen LogP contribution in [0.25, 0.3) is 15.9 Å². The second-order valence-electron chi connectivity index (χ2n) is 18.6. The van der Waals surface area contributed by atoms with E-state index in [1.807, 2.05) is 42.2 Å². The smallest absolute Gasteiger partial charge is 0.293 e. The van der Waals surface area contributed by atoms with Crippen molar-refractivity contribution in [1.82, 2.24) is 55.0 Å². The number of nitrogens with zero attached hydrogens (tertiary/aromatic N) is 10. The highest BCUT2D eigenvalue weighted by molar-refractivity contribution is 7.15. The minimum Gasteiger partial charge on any atom is -0.494 e. The molecular formula is C51H60Cl2N14O6S. The Labute approximate surface area is 442 Å². The van der Waals surface area contributed by atoms with E-state index in [0.29, 0.717) is 89.0 Å². The standard InChI is InChI=1S/C51H60Cl2N14O6S/c1-29-30(2)74-50-43(29)44(32-7-9-35(52)10-8-32)59-38(47-62-61-31(3)67(47)50)26-41(68)55-13-17-64-19-21-65(22-20-64)18-14-56-48(70)33-11-15-66(16-12-33)51-57-27-37(53)46(60-51)58-36-23-34-24-40(73-28-42(69)54-4)49(71)63(5)45(34)39(25-36)72-6/h7-10,23-25,27,33,38H,11-22,26,28H2,1-6H3,(H,54,69)(H,55,68)(H,56,70)(H,57,58,60)/t38-/m0/s1. The average molecular weight is 1070 g/mol. The highest BCUT2D eigenvalue weighted by atomic mass is 35.5. The molecule has 6 aromatic rings. The van der Waals surface area contributed by atoms with Crippen molar-refractivity contribution in [1.29, 1.82) is 0 Å². The van der Waals surface area contributed by atoms with Gasteiger partial charge in [-0.15, -0.1) is 21.5 Å². The quantitative estimate of drug-likeness (QED) is 0.0932. The van der Waals surface area contributed by atoms with Crippen molar-refractivity contribution in [3.8, 4) is 16.5 Å². The van der Waals surface area contributed by atoms with Crippen LogP contribution in [0, 0.1) is 26.7 Å². The number of piperidine rings is 1. The Bertz CT molecular complexity index is 3160. The van der Waals surface area contributed by atoms with Gasteiger partial charge in [-0.1, -0.05) is 35.3 Å². The monoisotopic (exact) mass is 1070 g/mol. The summed E-state index contributed by atoms with van der Waals surface area (Å²) in [6.07, 6.45) is 2.97. The molecule has 7 heterocycles. The lowest BCUT2D eigenvalue weighted by Gasteiger charge is -2.35. The third-order valence-electron chi connectivity index (χ3n) is 13.9. The number of methoxy groups -OCH3 is 1. The molecule has 2 saturated heterocycles. The largest absolute Gasteiger partial charge is 0.494 e. The van der Waals surface area contributed by atoms with Crippen molar-refractivity contribution in [2.45, 2.75) is 46.1 Å². The van der Waals surface area contributed by atoms with Crippen molar-refractivity contribution in [3.05, 3.63) is 102 Å². The van der Waals surface area contributed by atoms with Gasteiger partial charge in [-0.25, -0.2) is 4.98 Å². The second kappa shape index (κ2) is 22.9. The number of piperazine rings is 1. The van der Waals surface area contributed by atoms with Crippen molar-refractivity contribution in [2.24, 2.45) is 18.0 Å². The van der Waals surface area contributed by atoms with Gasteiger partial charge in [0.05, 0.1) is 31.0 Å². The van der Waals surface area contributed by atoms with Crippen molar-refractivity contribution in [2.75, 3.05) is 96.4 Å². The van der Waals surface area contributed by atoms with Gasteiger partial charge in [0.25, 0.3) is 11.5 Å². The van der Waals surface area contributed by atoms with Gasteiger partial charge in [-0.3, -0.25) is 38.5 Å². The summed E-state index contributed by atoms with van der Waals surface area (Å²) in [5.74, 6) is 2.17. The van der Waals surface area contributed by atoms with E-state index < -0.39 is 11.6 Å². The molecule has 390 valence electrons. The number of benzene rings is 2. The molecule has 4 N–H and O–H groups in total. The number of likely N-dealkylation sites (N-methyl/N-ethyl adjacent to an activating group) is 1. The van der Waals surface area contributed by atoms with Crippen LogP contribution in [0.3, 0.4) is 0 Å². The Morgan fingerprint density at radius 1 is 0.878 bits per heavy atom. The number of carbonyl (C=O) groups excluding carboxylic acids is 3. The number of aryl methyl sites for hydroxylation is 3. The lowest BCUT2D eigenvalue weighted by molar-refractivity contribution is -0.125. The molecule has 3 amide bonds. The van der Waals surface area contributed by atoms with Crippen LogP contribution in [0.4, 0.5) is 17.5 Å². The summed E-state index contributed by atoms with van der Waals surface area (Å²) in [7, 11) is 4.61. The first kappa shape index (κ1) is 52.2. The van der Waals surface area contributed by atoms with Crippen LogP contribution in [0.2, 0.25) is 10.0 Å². The Balaban J connectivity index is 0.713. The number of nitrogens with one attached hydrogen (secondary N) is 4. The fraction of sp³-hybridized carbons (Fsp3) is 0.431. The first-order chi connectivity index (χ1) is 35.7. The molecule has 1 atom stereocenters. The van der Waals surface area contributed by atoms with Crippen LogP contribution < -0.4 is 41.2 Å². The summed E-state index contributed by atoms with van der Waals surface area (Å²) in [5, 5.41) is 23.6. The van der Waals surface area contributed by atoms with E-state index in [-0.39, 0.29) is 42.4 Å². The molecule has 0 radical (unpaired) electrons. The van der Waals surface area contributed by atoms with Gasteiger partial charge in [0.2, 0.25) is 17.8 Å². The van der Waals surface area contributed by atoms with Crippen LogP contribution in [0.5, 0.6) is 11.5 Å². The van der Waals surface area contributed by atoms with E-state index in [4.69, 9.17) is 42.7 Å².